The quantitative estimate of drug-likeness (QED) is 0.826. The van der Waals surface area contributed by atoms with Gasteiger partial charge in [0.25, 0.3) is 0 Å². The molecule has 2 amide bonds. The molecule has 0 radical (unpaired) electrons. The largest absolute Gasteiger partial charge is 0.342 e. The fourth-order valence-electron chi connectivity index (χ4n) is 3.51. The smallest absolute Gasteiger partial charge is 0.227 e. The Kier molecular flexibility index (Phi) is 6.73. The number of amides is 2. The zero-order valence-electron chi connectivity index (χ0n) is 16.6. The number of anilines is 1. The van der Waals surface area contributed by atoms with Gasteiger partial charge in [-0.2, -0.15) is 0 Å². The fourth-order valence-corrected chi connectivity index (χ4v) is 3.80. The van der Waals surface area contributed by atoms with Gasteiger partial charge in [-0.15, -0.1) is 0 Å². The van der Waals surface area contributed by atoms with Crippen LogP contribution in [0.1, 0.15) is 58.6 Å². The Balaban J connectivity index is 2.07. The molecule has 1 aromatic carbocycles. The molecule has 1 fully saturated rings. The van der Waals surface area contributed by atoms with Gasteiger partial charge in [0.1, 0.15) is 0 Å². The normalized spacial score (nSPS) is 15.8. The molecule has 26 heavy (non-hydrogen) atoms. The van der Waals surface area contributed by atoms with Gasteiger partial charge in [-0.25, -0.2) is 0 Å². The van der Waals surface area contributed by atoms with Crippen molar-refractivity contribution in [3.8, 4) is 0 Å². The maximum atomic E-state index is 12.8. The number of nitrogens with zero attached hydrogens (tertiary/aromatic N) is 1. The number of carbonyl (C=O) groups excluding carboxylic acids is 2. The maximum Gasteiger partial charge on any atom is 0.227 e. The molecule has 2 rings (SSSR count). The molecule has 1 aromatic rings. The topological polar surface area (TPSA) is 49.4 Å². The highest BCUT2D eigenvalue weighted by molar-refractivity contribution is 6.32. The number of hydrogen-bond acceptors (Lipinski definition) is 2. The Morgan fingerprint density at radius 3 is 2.27 bits per heavy atom. The van der Waals surface area contributed by atoms with Gasteiger partial charge in [-0.1, -0.05) is 52.3 Å². The lowest BCUT2D eigenvalue weighted by atomic mass is 9.90. The minimum Gasteiger partial charge on any atom is -0.342 e. The van der Waals surface area contributed by atoms with E-state index in [-0.39, 0.29) is 23.1 Å². The van der Waals surface area contributed by atoms with E-state index in [0.717, 1.165) is 29.7 Å². The highest BCUT2D eigenvalue weighted by Gasteiger charge is 2.32. The van der Waals surface area contributed by atoms with E-state index in [1.54, 1.807) is 0 Å². The van der Waals surface area contributed by atoms with Crippen molar-refractivity contribution in [2.75, 3.05) is 18.4 Å². The van der Waals surface area contributed by atoms with Crippen molar-refractivity contribution in [2.45, 2.75) is 60.3 Å². The third-order valence-corrected chi connectivity index (χ3v) is 5.47. The van der Waals surface area contributed by atoms with Crippen LogP contribution in [0.15, 0.2) is 12.1 Å². The summed E-state index contributed by atoms with van der Waals surface area (Å²) < 4.78 is 0. The number of halogens is 1. The van der Waals surface area contributed by atoms with E-state index in [2.05, 4.69) is 12.2 Å². The summed E-state index contributed by atoms with van der Waals surface area (Å²) in [5.41, 5.74) is 2.61. The van der Waals surface area contributed by atoms with Crippen molar-refractivity contribution < 1.29 is 9.59 Å². The van der Waals surface area contributed by atoms with Crippen molar-refractivity contribution in [2.24, 2.45) is 11.3 Å². The third kappa shape index (κ3) is 4.59. The van der Waals surface area contributed by atoms with Gasteiger partial charge >= 0.3 is 0 Å². The molecule has 4 nitrogen and oxygen atoms in total. The van der Waals surface area contributed by atoms with Crippen LogP contribution in [0.25, 0.3) is 0 Å². The second-order valence-corrected chi connectivity index (χ2v) is 8.48. The minimum atomic E-state index is -0.373. The van der Waals surface area contributed by atoms with Crippen molar-refractivity contribution >= 4 is 29.1 Å². The Labute approximate surface area is 162 Å². The molecular weight excluding hydrogens is 348 g/mol. The van der Waals surface area contributed by atoms with Crippen molar-refractivity contribution in [3.05, 3.63) is 28.3 Å². The van der Waals surface area contributed by atoms with Crippen molar-refractivity contribution in [1.82, 2.24) is 4.90 Å². The first-order chi connectivity index (χ1) is 12.2. The number of hydrogen-bond donors (Lipinski definition) is 1. The van der Waals surface area contributed by atoms with Crippen LogP contribution in [0.2, 0.25) is 5.02 Å². The maximum absolute atomic E-state index is 12.8. The highest BCUT2D eigenvalue weighted by Crippen LogP contribution is 2.31. The van der Waals surface area contributed by atoms with E-state index >= 15 is 0 Å². The molecule has 0 bridgehead atoms. The van der Waals surface area contributed by atoms with Crippen molar-refractivity contribution in [1.29, 1.82) is 0 Å². The molecule has 5 heteroatoms. The Morgan fingerprint density at radius 1 is 1.15 bits per heavy atom. The lowest BCUT2D eigenvalue weighted by molar-refractivity contribution is -0.142. The summed E-state index contributed by atoms with van der Waals surface area (Å²) in [5.74, 6) is 0.139. The first-order valence-electron chi connectivity index (χ1n) is 9.59. The second kappa shape index (κ2) is 8.43. The molecule has 144 valence electrons. The summed E-state index contributed by atoms with van der Waals surface area (Å²) in [5, 5.41) is 3.84. The molecular formula is C21H31ClN2O2. The molecule has 0 unspecified atom stereocenters. The summed E-state index contributed by atoms with van der Waals surface area (Å²) in [4.78, 5) is 27.1. The molecule has 1 saturated heterocycles. The van der Waals surface area contributed by atoms with Crippen molar-refractivity contribution in [3.63, 3.8) is 0 Å². The van der Waals surface area contributed by atoms with Crippen LogP contribution in [0.3, 0.4) is 0 Å². The highest BCUT2D eigenvalue weighted by atomic mass is 35.5. The Hall–Kier alpha value is -1.55. The SMILES string of the molecule is CCc1ccc(Cl)c(CC)c1NC(=O)C1CCN(C(=O)C(C)(C)C)CC1. The number of rotatable bonds is 4. The molecule has 1 heterocycles. The van der Waals surface area contributed by atoms with Gasteiger partial charge < -0.3 is 10.2 Å². The number of piperidine rings is 1. The van der Waals surface area contributed by atoms with Gasteiger partial charge in [0, 0.05) is 35.1 Å². The van der Waals surface area contributed by atoms with Gasteiger partial charge in [-0.05, 0) is 42.9 Å². The summed E-state index contributed by atoms with van der Waals surface area (Å²) in [6, 6.07) is 3.90. The summed E-state index contributed by atoms with van der Waals surface area (Å²) in [6.07, 6.45) is 3.04. The standard InChI is InChI=1S/C21H31ClN2O2/c1-6-14-8-9-17(22)16(7-2)18(14)23-19(25)15-10-12-24(13-11-15)20(26)21(3,4)5/h8-9,15H,6-7,10-13H2,1-5H3,(H,23,25). The van der Waals surface area contributed by atoms with Gasteiger partial charge in [0.05, 0.1) is 0 Å². The molecule has 0 aromatic heterocycles. The Bertz CT molecular complexity index is 671. The van der Waals surface area contributed by atoms with Crippen LogP contribution in [0.4, 0.5) is 5.69 Å². The number of carbonyl (C=O) groups is 2. The summed E-state index contributed by atoms with van der Waals surface area (Å²) in [7, 11) is 0. The molecule has 0 spiro atoms. The predicted molar refractivity (Wildman–Crippen MR) is 108 cm³/mol. The van der Waals surface area contributed by atoms with Crippen LogP contribution >= 0.6 is 11.6 Å². The first kappa shape index (κ1) is 20.8. The van der Waals surface area contributed by atoms with Gasteiger partial charge in [0.2, 0.25) is 11.8 Å². The predicted octanol–water partition coefficient (Wildman–Crippen LogP) is 4.69. The molecule has 1 aliphatic heterocycles. The zero-order valence-corrected chi connectivity index (χ0v) is 17.4. The lowest BCUT2D eigenvalue weighted by Crippen LogP contribution is -2.45. The minimum absolute atomic E-state index is 0.0412. The van der Waals surface area contributed by atoms with E-state index in [4.69, 9.17) is 11.6 Å². The molecule has 1 N–H and O–H groups in total. The Morgan fingerprint density at radius 2 is 1.77 bits per heavy atom. The van der Waals surface area contributed by atoms with Crippen LogP contribution in [0.5, 0.6) is 0 Å². The average molecular weight is 379 g/mol. The number of aryl methyl sites for hydroxylation is 1. The van der Waals surface area contributed by atoms with E-state index in [9.17, 15) is 9.59 Å². The molecule has 0 saturated carbocycles. The lowest BCUT2D eigenvalue weighted by Gasteiger charge is -2.35. The summed E-state index contributed by atoms with van der Waals surface area (Å²) >= 11 is 6.33. The molecule has 0 aliphatic carbocycles. The van der Waals surface area contributed by atoms with E-state index in [1.807, 2.05) is 44.7 Å². The van der Waals surface area contributed by atoms with E-state index in [1.165, 1.54) is 0 Å². The average Bonchev–Trinajstić information content (AvgIpc) is 2.61. The first-order valence-corrected chi connectivity index (χ1v) is 9.97. The van der Waals surface area contributed by atoms with E-state index in [0.29, 0.717) is 31.0 Å². The van der Waals surface area contributed by atoms with Gasteiger partial charge in [-0.3, -0.25) is 9.59 Å². The number of likely N-dealkylation sites (tertiary alicyclic amines) is 1. The van der Waals surface area contributed by atoms with Crippen LogP contribution in [0, 0.1) is 11.3 Å². The second-order valence-electron chi connectivity index (χ2n) is 8.07. The van der Waals surface area contributed by atoms with Crippen LogP contribution < -0.4 is 5.32 Å². The number of nitrogens with one attached hydrogen (secondary N) is 1. The summed E-state index contributed by atoms with van der Waals surface area (Å²) in [6.45, 7) is 11.2. The zero-order chi connectivity index (χ0) is 19.5. The third-order valence-electron chi connectivity index (χ3n) is 5.12. The van der Waals surface area contributed by atoms with Crippen LogP contribution in [-0.4, -0.2) is 29.8 Å². The monoisotopic (exact) mass is 378 g/mol. The molecule has 1 aliphatic rings. The number of benzene rings is 1. The fraction of sp³-hybridized carbons (Fsp3) is 0.619. The van der Waals surface area contributed by atoms with Gasteiger partial charge in [0.15, 0.2) is 0 Å². The molecule has 0 atom stereocenters. The van der Waals surface area contributed by atoms with E-state index < -0.39 is 0 Å². The van der Waals surface area contributed by atoms with Crippen LogP contribution in [-0.2, 0) is 22.4 Å².